The second kappa shape index (κ2) is 6.34. The zero-order chi connectivity index (χ0) is 14.6. The molecule has 0 radical (unpaired) electrons. The van der Waals surface area contributed by atoms with E-state index in [9.17, 15) is 18.7 Å². The van der Waals surface area contributed by atoms with Crippen LogP contribution in [0.4, 0.5) is 8.78 Å². The lowest BCUT2D eigenvalue weighted by Crippen LogP contribution is -2.51. The summed E-state index contributed by atoms with van der Waals surface area (Å²) in [6, 6.07) is 3.48. The standard InChI is InChI=1S/C13H17F2NO2S/c1-8(17)13(2,3)16-12(18)7-19-9-4-5-10(14)11(15)6-9/h4-6,8,17H,7H2,1-3H3,(H,16,18). The van der Waals surface area contributed by atoms with E-state index < -0.39 is 23.3 Å². The van der Waals surface area contributed by atoms with Crippen molar-refractivity contribution in [3.63, 3.8) is 0 Å². The molecule has 1 unspecified atom stereocenters. The average Bonchev–Trinajstić information content (AvgIpc) is 2.30. The van der Waals surface area contributed by atoms with Crippen molar-refractivity contribution in [1.29, 1.82) is 0 Å². The summed E-state index contributed by atoms with van der Waals surface area (Å²) in [4.78, 5) is 12.2. The molecule has 0 aliphatic rings. The first-order valence-corrected chi connectivity index (χ1v) is 6.78. The molecule has 0 heterocycles. The van der Waals surface area contributed by atoms with Gasteiger partial charge in [-0.05, 0) is 39.0 Å². The van der Waals surface area contributed by atoms with Gasteiger partial charge >= 0.3 is 0 Å². The van der Waals surface area contributed by atoms with Crippen molar-refractivity contribution in [1.82, 2.24) is 5.32 Å². The Labute approximate surface area is 115 Å². The van der Waals surface area contributed by atoms with E-state index in [-0.39, 0.29) is 11.7 Å². The molecular formula is C13H17F2NO2S. The molecule has 0 fully saturated rings. The molecule has 0 aromatic heterocycles. The lowest BCUT2D eigenvalue weighted by Gasteiger charge is -2.29. The van der Waals surface area contributed by atoms with Gasteiger partial charge in [0, 0.05) is 4.90 Å². The van der Waals surface area contributed by atoms with Crippen molar-refractivity contribution in [3.05, 3.63) is 29.8 Å². The second-order valence-electron chi connectivity index (χ2n) is 4.81. The summed E-state index contributed by atoms with van der Waals surface area (Å²) >= 11 is 1.10. The molecule has 1 amide bonds. The number of carbonyl (C=O) groups excluding carboxylic acids is 1. The van der Waals surface area contributed by atoms with Crippen LogP contribution in [0.3, 0.4) is 0 Å². The fraction of sp³-hybridized carbons (Fsp3) is 0.462. The molecule has 2 N–H and O–H groups in total. The molecule has 3 nitrogen and oxygen atoms in total. The number of carbonyl (C=O) groups is 1. The maximum atomic E-state index is 13.0. The van der Waals surface area contributed by atoms with E-state index in [1.165, 1.54) is 6.07 Å². The molecular weight excluding hydrogens is 272 g/mol. The molecule has 1 aromatic carbocycles. The molecule has 0 bridgehead atoms. The number of hydrogen-bond acceptors (Lipinski definition) is 3. The molecule has 19 heavy (non-hydrogen) atoms. The van der Waals surface area contributed by atoms with E-state index in [4.69, 9.17) is 0 Å². The summed E-state index contributed by atoms with van der Waals surface area (Å²) in [6.45, 7) is 5.00. The molecule has 1 rings (SSSR count). The molecule has 0 aliphatic heterocycles. The van der Waals surface area contributed by atoms with Gasteiger partial charge in [-0.25, -0.2) is 8.78 Å². The van der Waals surface area contributed by atoms with Crippen LogP contribution in [0.5, 0.6) is 0 Å². The van der Waals surface area contributed by atoms with Gasteiger partial charge in [-0.1, -0.05) is 0 Å². The summed E-state index contributed by atoms with van der Waals surface area (Å²) in [5.41, 5.74) is -0.730. The van der Waals surface area contributed by atoms with Crippen molar-refractivity contribution < 1.29 is 18.7 Å². The SMILES string of the molecule is CC(O)C(C)(C)NC(=O)CSc1ccc(F)c(F)c1. The zero-order valence-electron chi connectivity index (χ0n) is 11.0. The zero-order valence-corrected chi connectivity index (χ0v) is 11.9. The highest BCUT2D eigenvalue weighted by molar-refractivity contribution is 8.00. The first kappa shape index (κ1) is 15.9. The predicted octanol–water partition coefficient (Wildman–Crippen LogP) is 2.33. The van der Waals surface area contributed by atoms with Gasteiger partial charge in [-0.3, -0.25) is 4.79 Å². The van der Waals surface area contributed by atoms with Crippen LogP contribution < -0.4 is 5.32 Å². The smallest absolute Gasteiger partial charge is 0.230 e. The number of thioether (sulfide) groups is 1. The molecule has 106 valence electrons. The number of aliphatic hydroxyl groups is 1. The van der Waals surface area contributed by atoms with Gasteiger partial charge < -0.3 is 10.4 Å². The van der Waals surface area contributed by atoms with Crippen molar-refractivity contribution >= 4 is 17.7 Å². The first-order valence-electron chi connectivity index (χ1n) is 5.79. The second-order valence-corrected chi connectivity index (χ2v) is 5.86. The van der Waals surface area contributed by atoms with Crippen LogP contribution in [0.1, 0.15) is 20.8 Å². The maximum Gasteiger partial charge on any atom is 0.230 e. The number of rotatable bonds is 5. The summed E-state index contributed by atoms with van der Waals surface area (Å²) in [7, 11) is 0. The maximum absolute atomic E-state index is 13.0. The Kier molecular flexibility index (Phi) is 5.31. The fourth-order valence-electron chi connectivity index (χ4n) is 1.22. The normalized spacial score (nSPS) is 13.2. The molecule has 0 saturated carbocycles. The van der Waals surface area contributed by atoms with Crippen molar-refractivity contribution in [2.24, 2.45) is 0 Å². The van der Waals surface area contributed by atoms with E-state index in [2.05, 4.69) is 5.32 Å². The number of nitrogens with one attached hydrogen (secondary N) is 1. The topological polar surface area (TPSA) is 49.3 Å². The third-order valence-electron chi connectivity index (χ3n) is 2.77. The minimum Gasteiger partial charge on any atom is -0.391 e. The van der Waals surface area contributed by atoms with Gasteiger partial charge in [-0.15, -0.1) is 11.8 Å². The Bertz CT molecular complexity index is 464. The van der Waals surface area contributed by atoms with Crippen molar-refractivity contribution in [3.8, 4) is 0 Å². The van der Waals surface area contributed by atoms with E-state index in [0.29, 0.717) is 4.90 Å². The monoisotopic (exact) mass is 289 g/mol. The van der Waals surface area contributed by atoms with Crippen LogP contribution in [-0.4, -0.2) is 28.4 Å². The first-order chi connectivity index (χ1) is 8.72. The predicted molar refractivity (Wildman–Crippen MR) is 71.0 cm³/mol. The Morgan fingerprint density at radius 1 is 1.42 bits per heavy atom. The van der Waals surface area contributed by atoms with Gasteiger partial charge in [0.15, 0.2) is 11.6 Å². The van der Waals surface area contributed by atoms with Gasteiger partial charge in [0.25, 0.3) is 0 Å². The Morgan fingerprint density at radius 2 is 2.05 bits per heavy atom. The van der Waals surface area contributed by atoms with Gasteiger partial charge in [-0.2, -0.15) is 0 Å². The van der Waals surface area contributed by atoms with E-state index in [0.717, 1.165) is 23.9 Å². The molecule has 0 spiro atoms. The number of benzene rings is 1. The van der Waals surface area contributed by atoms with Crippen LogP contribution in [-0.2, 0) is 4.79 Å². The van der Waals surface area contributed by atoms with Crippen LogP contribution in [0, 0.1) is 11.6 Å². The highest BCUT2D eigenvalue weighted by Gasteiger charge is 2.25. The highest BCUT2D eigenvalue weighted by Crippen LogP contribution is 2.20. The lowest BCUT2D eigenvalue weighted by molar-refractivity contribution is -0.121. The largest absolute Gasteiger partial charge is 0.391 e. The Morgan fingerprint density at radius 3 is 2.58 bits per heavy atom. The number of hydrogen-bond donors (Lipinski definition) is 2. The van der Waals surface area contributed by atoms with Gasteiger partial charge in [0.2, 0.25) is 5.91 Å². The average molecular weight is 289 g/mol. The molecule has 1 aromatic rings. The third-order valence-corrected chi connectivity index (χ3v) is 3.76. The summed E-state index contributed by atoms with van der Waals surface area (Å²) in [5.74, 6) is -2.05. The van der Waals surface area contributed by atoms with Crippen LogP contribution in [0.2, 0.25) is 0 Å². The lowest BCUT2D eigenvalue weighted by atomic mass is 9.99. The quantitative estimate of drug-likeness (QED) is 0.818. The number of amides is 1. The van der Waals surface area contributed by atoms with E-state index in [1.807, 2.05) is 0 Å². The van der Waals surface area contributed by atoms with Gasteiger partial charge in [0.1, 0.15) is 0 Å². The molecule has 6 heteroatoms. The summed E-state index contributed by atoms with van der Waals surface area (Å²) < 4.78 is 25.7. The minimum atomic E-state index is -0.935. The van der Waals surface area contributed by atoms with E-state index in [1.54, 1.807) is 20.8 Å². The van der Waals surface area contributed by atoms with E-state index >= 15 is 0 Å². The summed E-state index contributed by atoms with van der Waals surface area (Å²) in [6.07, 6.45) is -0.690. The van der Waals surface area contributed by atoms with Crippen LogP contribution in [0.25, 0.3) is 0 Å². The Balaban J connectivity index is 2.53. The highest BCUT2D eigenvalue weighted by atomic mass is 32.2. The summed E-state index contributed by atoms with van der Waals surface area (Å²) in [5, 5.41) is 12.1. The number of halogens is 2. The fourth-order valence-corrected chi connectivity index (χ4v) is 1.94. The minimum absolute atomic E-state index is 0.0707. The van der Waals surface area contributed by atoms with Crippen molar-refractivity contribution in [2.45, 2.75) is 37.3 Å². The number of aliphatic hydroxyl groups excluding tert-OH is 1. The third kappa shape index (κ3) is 4.80. The van der Waals surface area contributed by atoms with Crippen LogP contribution in [0.15, 0.2) is 23.1 Å². The molecule has 0 aliphatic carbocycles. The van der Waals surface area contributed by atoms with Crippen molar-refractivity contribution in [2.75, 3.05) is 5.75 Å². The molecule has 1 atom stereocenters. The van der Waals surface area contributed by atoms with Gasteiger partial charge in [0.05, 0.1) is 17.4 Å². The Hall–Kier alpha value is -1.14. The molecule has 0 saturated heterocycles. The van der Waals surface area contributed by atoms with Crippen LogP contribution >= 0.6 is 11.8 Å².